The first-order valence-corrected chi connectivity index (χ1v) is 5.18. The molecule has 1 aliphatic heterocycles. The SMILES string of the molecule is O=C1C=C(/C=C\c2ccc(C(F)(F)F)cc2)CO1. The van der Waals surface area contributed by atoms with Crippen molar-refractivity contribution in [2.24, 2.45) is 0 Å². The molecule has 5 heteroatoms. The molecular formula is C13H9F3O2. The Kier molecular flexibility index (Phi) is 3.23. The molecule has 0 saturated heterocycles. The van der Waals surface area contributed by atoms with Gasteiger partial charge in [0.1, 0.15) is 6.61 Å². The van der Waals surface area contributed by atoms with Gasteiger partial charge in [-0.2, -0.15) is 13.2 Å². The van der Waals surface area contributed by atoms with E-state index in [4.69, 9.17) is 0 Å². The van der Waals surface area contributed by atoms with Crippen LogP contribution in [0.2, 0.25) is 0 Å². The maximum atomic E-state index is 12.3. The maximum absolute atomic E-state index is 12.3. The van der Waals surface area contributed by atoms with Gasteiger partial charge in [-0.15, -0.1) is 0 Å². The molecule has 1 heterocycles. The van der Waals surface area contributed by atoms with Crippen molar-refractivity contribution in [1.82, 2.24) is 0 Å². The Morgan fingerprint density at radius 2 is 1.78 bits per heavy atom. The zero-order valence-corrected chi connectivity index (χ0v) is 9.20. The van der Waals surface area contributed by atoms with Crippen LogP contribution in [-0.4, -0.2) is 12.6 Å². The van der Waals surface area contributed by atoms with Crippen LogP contribution in [0.25, 0.3) is 6.08 Å². The first-order valence-electron chi connectivity index (χ1n) is 5.18. The standard InChI is InChI=1S/C13H9F3O2/c14-13(15,16)11-5-3-9(4-6-11)1-2-10-7-12(17)18-8-10/h1-7H,8H2/b2-1-. The Bertz CT molecular complexity index is 510. The number of carbonyl (C=O) groups is 1. The van der Waals surface area contributed by atoms with Crippen molar-refractivity contribution >= 4 is 12.0 Å². The molecule has 0 saturated carbocycles. The smallest absolute Gasteiger partial charge is 0.416 e. The minimum Gasteiger partial charge on any atom is -0.458 e. The van der Waals surface area contributed by atoms with E-state index < -0.39 is 17.7 Å². The average Bonchev–Trinajstić information content (AvgIpc) is 2.72. The number of cyclic esters (lactones) is 1. The summed E-state index contributed by atoms with van der Waals surface area (Å²) in [6.07, 6.45) is 0.304. The van der Waals surface area contributed by atoms with Gasteiger partial charge in [-0.1, -0.05) is 24.3 Å². The van der Waals surface area contributed by atoms with Crippen molar-refractivity contribution in [3.05, 3.63) is 53.1 Å². The Balaban J connectivity index is 2.09. The van der Waals surface area contributed by atoms with Gasteiger partial charge in [-0.05, 0) is 23.3 Å². The van der Waals surface area contributed by atoms with E-state index in [9.17, 15) is 18.0 Å². The van der Waals surface area contributed by atoms with Crippen molar-refractivity contribution in [2.75, 3.05) is 6.61 Å². The van der Waals surface area contributed by atoms with E-state index in [1.165, 1.54) is 18.2 Å². The highest BCUT2D eigenvalue weighted by Gasteiger charge is 2.29. The predicted molar refractivity (Wildman–Crippen MR) is 59.5 cm³/mol. The van der Waals surface area contributed by atoms with Gasteiger partial charge < -0.3 is 4.74 Å². The second-order valence-electron chi connectivity index (χ2n) is 3.78. The molecular weight excluding hydrogens is 245 g/mol. The molecule has 1 aliphatic rings. The Hall–Kier alpha value is -2.04. The average molecular weight is 254 g/mol. The molecule has 0 spiro atoms. The van der Waals surface area contributed by atoms with Crippen LogP contribution in [0.3, 0.4) is 0 Å². The van der Waals surface area contributed by atoms with Crippen LogP contribution in [0.4, 0.5) is 13.2 Å². The zero-order valence-electron chi connectivity index (χ0n) is 9.20. The summed E-state index contributed by atoms with van der Waals surface area (Å²) in [7, 11) is 0. The Morgan fingerprint density at radius 1 is 1.11 bits per heavy atom. The van der Waals surface area contributed by atoms with Gasteiger partial charge >= 0.3 is 12.1 Å². The lowest BCUT2D eigenvalue weighted by Crippen LogP contribution is -2.03. The minimum atomic E-state index is -4.32. The topological polar surface area (TPSA) is 26.3 Å². The first-order chi connectivity index (χ1) is 8.45. The lowest BCUT2D eigenvalue weighted by Gasteiger charge is -2.05. The third-order valence-electron chi connectivity index (χ3n) is 2.41. The number of rotatable bonds is 2. The molecule has 0 bridgehead atoms. The van der Waals surface area contributed by atoms with Crippen LogP contribution in [0.1, 0.15) is 11.1 Å². The molecule has 0 aromatic heterocycles. The zero-order chi connectivity index (χ0) is 13.2. The highest BCUT2D eigenvalue weighted by Crippen LogP contribution is 2.29. The third-order valence-corrected chi connectivity index (χ3v) is 2.41. The third kappa shape index (κ3) is 3.00. The summed E-state index contributed by atoms with van der Waals surface area (Å²) >= 11 is 0. The maximum Gasteiger partial charge on any atom is 0.416 e. The van der Waals surface area contributed by atoms with Crippen LogP contribution in [-0.2, 0) is 15.7 Å². The van der Waals surface area contributed by atoms with E-state index in [2.05, 4.69) is 4.74 Å². The van der Waals surface area contributed by atoms with E-state index in [-0.39, 0.29) is 6.61 Å². The molecule has 1 aromatic rings. The summed E-state index contributed by atoms with van der Waals surface area (Å²) in [5.74, 6) is -0.401. The molecule has 0 fully saturated rings. The quantitative estimate of drug-likeness (QED) is 0.757. The number of ether oxygens (including phenoxy) is 1. The summed E-state index contributed by atoms with van der Waals surface area (Å²) in [4.78, 5) is 10.8. The van der Waals surface area contributed by atoms with Crippen LogP contribution in [0.5, 0.6) is 0 Å². The molecule has 18 heavy (non-hydrogen) atoms. The highest BCUT2D eigenvalue weighted by atomic mass is 19.4. The lowest BCUT2D eigenvalue weighted by molar-refractivity contribution is -0.137. The summed E-state index contributed by atoms with van der Waals surface area (Å²) in [6.45, 7) is 0.204. The van der Waals surface area contributed by atoms with E-state index in [1.807, 2.05) is 0 Å². The van der Waals surface area contributed by atoms with Gasteiger partial charge in [0.05, 0.1) is 5.56 Å². The van der Waals surface area contributed by atoms with Crippen molar-refractivity contribution in [3.8, 4) is 0 Å². The molecule has 0 unspecified atom stereocenters. The fraction of sp³-hybridized carbons (Fsp3) is 0.154. The molecule has 0 aliphatic carbocycles. The molecule has 0 radical (unpaired) electrons. The van der Waals surface area contributed by atoms with Gasteiger partial charge in [-0.25, -0.2) is 4.79 Å². The monoisotopic (exact) mass is 254 g/mol. The van der Waals surface area contributed by atoms with Crippen molar-refractivity contribution < 1.29 is 22.7 Å². The molecule has 1 aromatic carbocycles. The Morgan fingerprint density at radius 3 is 2.28 bits per heavy atom. The van der Waals surface area contributed by atoms with Gasteiger partial charge in [-0.3, -0.25) is 0 Å². The van der Waals surface area contributed by atoms with Gasteiger partial charge in [0.25, 0.3) is 0 Å². The van der Waals surface area contributed by atoms with Crippen LogP contribution < -0.4 is 0 Å². The Labute approximate surface area is 101 Å². The number of hydrogen-bond donors (Lipinski definition) is 0. The van der Waals surface area contributed by atoms with E-state index in [0.717, 1.165) is 12.1 Å². The number of benzene rings is 1. The van der Waals surface area contributed by atoms with Crippen molar-refractivity contribution in [3.63, 3.8) is 0 Å². The normalized spacial score (nSPS) is 15.9. The van der Waals surface area contributed by atoms with Gasteiger partial charge in [0, 0.05) is 6.08 Å². The second kappa shape index (κ2) is 4.68. The summed E-state index contributed by atoms with van der Waals surface area (Å²) in [5, 5.41) is 0. The van der Waals surface area contributed by atoms with E-state index >= 15 is 0 Å². The second-order valence-corrected chi connectivity index (χ2v) is 3.78. The summed E-state index contributed by atoms with van der Waals surface area (Å²) in [6, 6.07) is 4.78. The van der Waals surface area contributed by atoms with E-state index in [0.29, 0.717) is 11.1 Å². The van der Waals surface area contributed by atoms with Crippen molar-refractivity contribution in [2.45, 2.75) is 6.18 Å². The predicted octanol–water partition coefficient (Wildman–Crippen LogP) is 3.20. The van der Waals surface area contributed by atoms with Crippen LogP contribution in [0, 0.1) is 0 Å². The number of hydrogen-bond acceptors (Lipinski definition) is 2. The molecule has 0 atom stereocenters. The first kappa shape index (κ1) is 12.4. The largest absolute Gasteiger partial charge is 0.458 e. The molecule has 94 valence electrons. The fourth-order valence-electron chi connectivity index (χ4n) is 1.47. The number of carbonyl (C=O) groups excluding carboxylic acids is 1. The fourth-order valence-corrected chi connectivity index (χ4v) is 1.47. The summed E-state index contributed by atoms with van der Waals surface area (Å²) < 4.78 is 41.6. The number of halogens is 3. The lowest BCUT2D eigenvalue weighted by atomic mass is 10.1. The molecule has 0 amide bonds. The summed E-state index contributed by atoms with van der Waals surface area (Å²) in [5.41, 5.74) is 0.640. The highest BCUT2D eigenvalue weighted by molar-refractivity contribution is 5.86. The van der Waals surface area contributed by atoms with Crippen molar-refractivity contribution in [1.29, 1.82) is 0 Å². The molecule has 0 N–H and O–H groups in total. The number of esters is 1. The minimum absolute atomic E-state index is 0.204. The van der Waals surface area contributed by atoms with Gasteiger partial charge in [0.15, 0.2) is 0 Å². The van der Waals surface area contributed by atoms with E-state index in [1.54, 1.807) is 12.2 Å². The molecule has 2 nitrogen and oxygen atoms in total. The number of alkyl halides is 3. The van der Waals surface area contributed by atoms with Gasteiger partial charge in [0.2, 0.25) is 0 Å². The van der Waals surface area contributed by atoms with Crippen LogP contribution >= 0.6 is 0 Å². The van der Waals surface area contributed by atoms with Crippen LogP contribution in [0.15, 0.2) is 42.0 Å². The molecule has 2 rings (SSSR count).